The lowest BCUT2D eigenvalue weighted by Crippen LogP contribution is -2.32. The Bertz CT molecular complexity index is 1180. The molecule has 3 rings (SSSR count). The SMILES string of the molecule is CCOc1cc(C(=O)N(CC)Cc2cc3cc(OC)ccc3[nH]c2=O)cc(OCC)c1OCC. The normalized spacial score (nSPS) is 10.7. The molecule has 1 amide bonds. The molecule has 2 aromatic carbocycles. The number of methoxy groups -OCH3 is 1. The van der Waals surface area contributed by atoms with Gasteiger partial charge >= 0.3 is 0 Å². The molecular formula is C26H32N2O6. The fraction of sp³-hybridized carbons (Fsp3) is 0.385. The van der Waals surface area contributed by atoms with E-state index < -0.39 is 0 Å². The van der Waals surface area contributed by atoms with Gasteiger partial charge in [-0.2, -0.15) is 0 Å². The second kappa shape index (κ2) is 11.4. The van der Waals surface area contributed by atoms with Gasteiger partial charge in [-0.1, -0.05) is 0 Å². The third-order valence-electron chi connectivity index (χ3n) is 5.31. The van der Waals surface area contributed by atoms with Gasteiger partial charge in [-0.05, 0) is 64.1 Å². The molecule has 182 valence electrons. The van der Waals surface area contributed by atoms with Crippen molar-refractivity contribution in [2.24, 2.45) is 0 Å². The van der Waals surface area contributed by atoms with Crippen LogP contribution in [0.5, 0.6) is 23.0 Å². The summed E-state index contributed by atoms with van der Waals surface area (Å²) in [7, 11) is 1.59. The zero-order valence-corrected chi connectivity index (χ0v) is 20.4. The first kappa shape index (κ1) is 25.0. The maximum atomic E-state index is 13.5. The highest BCUT2D eigenvalue weighted by Crippen LogP contribution is 2.39. The van der Waals surface area contributed by atoms with Crippen molar-refractivity contribution in [1.29, 1.82) is 0 Å². The standard InChI is InChI=1S/C26H32N2O6/c1-6-28(16-19-12-17-13-20(31-5)10-11-21(17)27-25(19)29)26(30)18-14-22(32-7-2)24(34-9-4)23(15-18)33-8-3/h10-15H,6-9,16H2,1-5H3,(H,27,29). The minimum atomic E-state index is -0.238. The van der Waals surface area contributed by atoms with E-state index in [9.17, 15) is 9.59 Å². The summed E-state index contributed by atoms with van der Waals surface area (Å²) < 4.78 is 22.5. The largest absolute Gasteiger partial charge is 0.497 e. The number of hydrogen-bond donors (Lipinski definition) is 1. The van der Waals surface area contributed by atoms with E-state index in [1.54, 1.807) is 42.3 Å². The number of carbonyl (C=O) groups is 1. The monoisotopic (exact) mass is 468 g/mol. The Hall–Kier alpha value is -3.68. The van der Waals surface area contributed by atoms with Crippen LogP contribution in [0, 0.1) is 0 Å². The maximum absolute atomic E-state index is 13.5. The topological polar surface area (TPSA) is 90.1 Å². The lowest BCUT2D eigenvalue weighted by molar-refractivity contribution is 0.0751. The first-order chi connectivity index (χ1) is 16.4. The second-order valence-electron chi connectivity index (χ2n) is 7.50. The summed E-state index contributed by atoms with van der Waals surface area (Å²) in [5.74, 6) is 1.83. The molecular weight excluding hydrogens is 436 g/mol. The molecule has 1 aromatic heterocycles. The third-order valence-corrected chi connectivity index (χ3v) is 5.31. The van der Waals surface area contributed by atoms with E-state index in [-0.39, 0.29) is 18.0 Å². The molecule has 8 heteroatoms. The zero-order valence-electron chi connectivity index (χ0n) is 20.4. The predicted octanol–water partition coefficient (Wildman–Crippen LogP) is 4.40. The van der Waals surface area contributed by atoms with Gasteiger partial charge in [0, 0.05) is 28.6 Å². The van der Waals surface area contributed by atoms with Crippen LogP contribution in [0.3, 0.4) is 0 Å². The Balaban J connectivity index is 1.97. The van der Waals surface area contributed by atoms with Crippen molar-refractivity contribution in [2.75, 3.05) is 33.5 Å². The zero-order chi connectivity index (χ0) is 24.7. The van der Waals surface area contributed by atoms with Gasteiger partial charge in [-0.15, -0.1) is 0 Å². The molecule has 0 saturated carbocycles. The van der Waals surface area contributed by atoms with Gasteiger partial charge in [-0.3, -0.25) is 9.59 Å². The molecule has 0 saturated heterocycles. The highest BCUT2D eigenvalue weighted by Gasteiger charge is 2.22. The van der Waals surface area contributed by atoms with E-state index in [2.05, 4.69) is 4.98 Å². The van der Waals surface area contributed by atoms with Gasteiger partial charge in [0.1, 0.15) is 5.75 Å². The molecule has 0 fully saturated rings. The van der Waals surface area contributed by atoms with Crippen LogP contribution in [-0.2, 0) is 6.54 Å². The summed E-state index contributed by atoms with van der Waals surface area (Å²) in [5.41, 5.74) is 1.35. The number of H-pyrrole nitrogens is 1. The molecule has 1 N–H and O–H groups in total. The summed E-state index contributed by atoms with van der Waals surface area (Å²) in [5, 5.41) is 0.829. The van der Waals surface area contributed by atoms with Crippen LogP contribution < -0.4 is 24.5 Å². The molecule has 0 radical (unpaired) electrons. The van der Waals surface area contributed by atoms with E-state index in [0.29, 0.717) is 66.0 Å². The third kappa shape index (κ3) is 5.44. The first-order valence-corrected chi connectivity index (χ1v) is 11.5. The van der Waals surface area contributed by atoms with E-state index in [4.69, 9.17) is 18.9 Å². The van der Waals surface area contributed by atoms with E-state index in [0.717, 1.165) is 5.39 Å². The van der Waals surface area contributed by atoms with Crippen molar-refractivity contribution < 1.29 is 23.7 Å². The molecule has 3 aromatic rings. The number of hydrogen-bond acceptors (Lipinski definition) is 6. The first-order valence-electron chi connectivity index (χ1n) is 11.5. The summed E-state index contributed by atoms with van der Waals surface area (Å²) in [6.45, 7) is 9.30. The van der Waals surface area contributed by atoms with Crippen molar-refractivity contribution in [3.8, 4) is 23.0 Å². The number of ether oxygens (including phenoxy) is 4. The predicted molar refractivity (Wildman–Crippen MR) is 131 cm³/mol. The van der Waals surface area contributed by atoms with E-state index in [1.165, 1.54) is 0 Å². The molecule has 8 nitrogen and oxygen atoms in total. The number of aromatic nitrogens is 1. The fourth-order valence-corrected chi connectivity index (χ4v) is 3.70. The number of aromatic amines is 1. The molecule has 34 heavy (non-hydrogen) atoms. The van der Waals surface area contributed by atoms with E-state index in [1.807, 2.05) is 33.8 Å². The number of fused-ring (bicyclic) bond motifs is 1. The second-order valence-corrected chi connectivity index (χ2v) is 7.50. The van der Waals surface area contributed by atoms with Crippen LogP contribution in [-0.4, -0.2) is 49.3 Å². The smallest absolute Gasteiger partial charge is 0.254 e. The van der Waals surface area contributed by atoms with Crippen molar-refractivity contribution in [1.82, 2.24) is 9.88 Å². The molecule has 0 atom stereocenters. The van der Waals surface area contributed by atoms with Gasteiger partial charge in [0.05, 0.1) is 33.5 Å². The number of pyridine rings is 1. The fourth-order valence-electron chi connectivity index (χ4n) is 3.70. The van der Waals surface area contributed by atoms with Crippen molar-refractivity contribution in [2.45, 2.75) is 34.2 Å². The van der Waals surface area contributed by atoms with Gasteiger partial charge in [0.25, 0.3) is 11.5 Å². The number of nitrogens with one attached hydrogen (secondary N) is 1. The number of amides is 1. The van der Waals surface area contributed by atoms with Gasteiger partial charge < -0.3 is 28.8 Å². The molecule has 1 heterocycles. The Morgan fingerprint density at radius 1 is 0.912 bits per heavy atom. The Labute approximate surface area is 199 Å². The molecule has 0 bridgehead atoms. The highest BCUT2D eigenvalue weighted by atomic mass is 16.5. The van der Waals surface area contributed by atoms with Crippen molar-refractivity contribution >= 4 is 16.8 Å². The molecule has 0 aliphatic carbocycles. The minimum absolute atomic E-state index is 0.152. The van der Waals surface area contributed by atoms with Crippen molar-refractivity contribution in [3.63, 3.8) is 0 Å². The number of carbonyl (C=O) groups excluding carboxylic acids is 1. The molecule has 0 spiro atoms. The summed E-state index contributed by atoms with van der Waals surface area (Å²) in [6, 6.07) is 10.6. The van der Waals surface area contributed by atoms with Crippen LogP contribution >= 0.6 is 0 Å². The summed E-state index contributed by atoms with van der Waals surface area (Å²) in [6.07, 6.45) is 0. The average Bonchev–Trinajstić information content (AvgIpc) is 2.84. The lowest BCUT2D eigenvalue weighted by atomic mass is 10.1. The van der Waals surface area contributed by atoms with Crippen LogP contribution in [0.25, 0.3) is 10.9 Å². The number of nitrogens with zero attached hydrogens (tertiary/aromatic N) is 1. The highest BCUT2D eigenvalue weighted by molar-refractivity contribution is 5.95. The van der Waals surface area contributed by atoms with Crippen LogP contribution in [0.4, 0.5) is 0 Å². The minimum Gasteiger partial charge on any atom is -0.497 e. The maximum Gasteiger partial charge on any atom is 0.254 e. The molecule has 0 unspecified atom stereocenters. The molecule has 0 aliphatic rings. The lowest BCUT2D eigenvalue weighted by Gasteiger charge is -2.23. The van der Waals surface area contributed by atoms with Crippen molar-refractivity contribution in [3.05, 3.63) is 57.9 Å². The van der Waals surface area contributed by atoms with Gasteiger partial charge in [-0.25, -0.2) is 0 Å². The number of benzene rings is 2. The summed E-state index contributed by atoms with van der Waals surface area (Å²) in [4.78, 5) is 30.7. The van der Waals surface area contributed by atoms with Crippen LogP contribution in [0.1, 0.15) is 43.6 Å². The Morgan fingerprint density at radius 3 is 2.12 bits per heavy atom. The van der Waals surface area contributed by atoms with Crippen LogP contribution in [0.2, 0.25) is 0 Å². The quantitative estimate of drug-likeness (QED) is 0.449. The number of rotatable bonds is 11. The average molecular weight is 469 g/mol. The molecule has 0 aliphatic heterocycles. The Kier molecular flexibility index (Phi) is 8.40. The Morgan fingerprint density at radius 2 is 1.56 bits per heavy atom. The van der Waals surface area contributed by atoms with Gasteiger partial charge in [0.15, 0.2) is 11.5 Å². The summed E-state index contributed by atoms with van der Waals surface area (Å²) >= 11 is 0. The van der Waals surface area contributed by atoms with E-state index >= 15 is 0 Å². The van der Waals surface area contributed by atoms with Gasteiger partial charge in [0.2, 0.25) is 5.75 Å². The van der Waals surface area contributed by atoms with Crippen LogP contribution in [0.15, 0.2) is 41.2 Å².